The van der Waals surface area contributed by atoms with Gasteiger partial charge in [0.1, 0.15) is 0 Å². The van der Waals surface area contributed by atoms with Gasteiger partial charge in [0, 0.05) is 19.0 Å². The van der Waals surface area contributed by atoms with Crippen LogP contribution in [0.4, 0.5) is 0 Å². The summed E-state index contributed by atoms with van der Waals surface area (Å²) in [5.41, 5.74) is 0. The maximum absolute atomic E-state index is 12.7. The van der Waals surface area contributed by atoms with Crippen LogP contribution in [-0.2, 0) is 4.79 Å². The summed E-state index contributed by atoms with van der Waals surface area (Å²) in [7, 11) is 0. The molecular formula is C16H28N2O. The lowest BCUT2D eigenvalue weighted by atomic mass is 9.98. The molecule has 0 bridgehead atoms. The van der Waals surface area contributed by atoms with Crippen molar-refractivity contribution in [2.75, 3.05) is 26.2 Å². The molecule has 3 unspecified atom stereocenters. The Hall–Kier alpha value is -0.570. The predicted octanol–water partition coefficient (Wildman–Crippen LogP) is 2.27. The number of fused-ring (bicyclic) bond motifs is 1. The molecule has 3 rings (SSSR count). The Balaban J connectivity index is 1.55. The first-order valence-corrected chi connectivity index (χ1v) is 8.30. The average Bonchev–Trinajstić information content (AvgIpc) is 2.91. The minimum atomic E-state index is 0.414. The molecule has 3 fully saturated rings. The van der Waals surface area contributed by atoms with Crippen molar-refractivity contribution in [3.8, 4) is 0 Å². The Kier molecular flexibility index (Phi) is 4.11. The molecule has 1 amide bonds. The summed E-state index contributed by atoms with van der Waals surface area (Å²) in [5.74, 6) is 3.11. The lowest BCUT2D eigenvalue weighted by Gasteiger charge is -2.30. The van der Waals surface area contributed by atoms with E-state index >= 15 is 0 Å². The van der Waals surface area contributed by atoms with Crippen molar-refractivity contribution in [3.63, 3.8) is 0 Å². The molecule has 3 atom stereocenters. The van der Waals surface area contributed by atoms with Gasteiger partial charge in [0.25, 0.3) is 0 Å². The summed E-state index contributed by atoms with van der Waals surface area (Å²) in [5, 5.41) is 3.47. The molecule has 0 aromatic rings. The van der Waals surface area contributed by atoms with Crippen molar-refractivity contribution in [1.82, 2.24) is 10.2 Å². The summed E-state index contributed by atoms with van der Waals surface area (Å²) in [6, 6.07) is 0. The molecule has 108 valence electrons. The van der Waals surface area contributed by atoms with Gasteiger partial charge in [-0.25, -0.2) is 0 Å². The van der Waals surface area contributed by atoms with Gasteiger partial charge in [-0.1, -0.05) is 13.3 Å². The summed E-state index contributed by atoms with van der Waals surface area (Å²) >= 11 is 0. The zero-order valence-electron chi connectivity index (χ0n) is 12.2. The van der Waals surface area contributed by atoms with E-state index in [0.717, 1.165) is 44.4 Å². The monoisotopic (exact) mass is 264 g/mol. The average molecular weight is 264 g/mol. The molecule has 0 aromatic heterocycles. The van der Waals surface area contributed by atoms with E-state index in [0.29, 0.717) is 17.7 Å². The van der Waals surface area contributed by atoms with Crippen LogP contribution in [0.2, 0.25) is 0 Å². The Labute approximate surface area is 117 Å². The molecule has 19 heavy (non-hydrogen) atoms. The number of amides is 1. The van der Waals surface area contributed by atoms with E-state index in [-0.39, 0.29) is 0 Å². The summed E-state index contributed by atoms with van der Waals surface area (Å²) < 4.78 is 0. The second kappa shape index (κ2) is 5.82. The SMILES string of the molecule is CCCN(CC1CCCNC1)C(=O)C1C2CCCC21. The zero-order valence-corrected chi connectivity index (χ0v) is 12.2. The standard InChI is InChI=1S/C16H28N2O/c1-2-9-18(11-12-5-4-8-17-10-12)16(19)15-13-6-3-7-14(13)15/h12-15,17H,2-11H2,1H3. The van der Waals surface area contributed by atoms with Crippen LogP contribution >= 0.6 is 0 Å². The van der Waals surface area contributed by atoms with Crippen molar-refractivity contribution >= 4 is 5.91 Å². The number of carbonyl (C=O) groups is 1. The molecule has 1 heterocycles. The Morgan fingerprint density at radius 2 is 2.00 bits per heavy atom. The molecular weight excluding hydrogens is 236 g/mol. The Morgan fingerprint density at radius 1 is 1.21 bits per heavy atom. The van der Waals surface area contributed by atoms with Gasteiger partial charge in [0.05, 0.1) is 0 Å². The molecule has 1 saturated heterocycles. The largest absolute Gasteiger partial charge is 0.342 e. The van der Waals surface area contributed by atoms with Gasteiger partial charge < -0.3 is 10.2 Å². The topological polar surface area (TPSA) is 32.3 Å². The first-order valence-electron chi connectivity index (χ1n) is 8.30. The quantitative estimate of drug-likeness (QED) is 0.826. The Morgan fingerprint density at radius 3 is 2.63 bits per heavy atom. The van der Waals surface area contributed by atoms with E-state index in [9.17, 15) is 4.79 Å². The van der Waals surface area contributed by atoms with Crippen LogP contribution in [-0.4, -0.2) is 37.0 Å². The third kappa shape index (κ3) is 2.81. The van der Waals surface area contributed by atoms with Crippen molar-refractivity contribution in [3.05, 3.63) is 0 Å². The highest BCUT2D eigenvalue weighted by atomic mass is 16.2. The van der Waals surface area contributed by atoms with Crippen LogP contribution in [0.25, 0.3) is 0 Å². The highest BCUT2D eigenvalue weighted by Gasteiger charge is 2.57. The van der Waals surface area contributed by atoms with E-state index in [1.54, 1.807) is 0 Å². The first-order chi connectivity index (χ1) is 9.31. The summed E-state index contributed by atoms with van der Waals surface area (Å²) in [6.07, 6.45) is 7.64. The van der Waals surface area contributed by atoms with Gasteiger partial charge in [0.2, 0.25) is 5.91 Å². The number of rotatable bonds is 5. The maximum atomic E-state index is 12.7. The fraction of sp³-hybridized carbons (Fsp3) is 0.938. The highest BCUT2D eigenvalue weighted by molar-refractivity contribution is 5.82. The molecule has 0 aromatic carbocycles. The third-order valence-corrected chi connectivity index (χ3v) is 5.37. The first kappa shape index (κ1) is 13.4. The molecule has 0 radical (unpaired) electrons. The normalized spacial score (nSPS) is 36.9. The van der Waals surface area contributed by atoms with E-state index in [4.69, 9.17) is 0 Å². The van der Waals surface area contributed by atoms with Crippen molar-refractivity contribution < 1.29 is 4.79 Å². The molecule has 1 N–H and O–H groups in total. The van der Waals surface area contributed by atoms with Crippen LogP contribution in [0, 0.1) is 23.7 Å². The lowest BCUT2D eigenvalue weighted by Crippen LogP contribution is -2.42. The number of hydrogen-bond donors (Lipinski definition) is 1. The number of nitrogens with one attached hydrogen (secondary N) is 1. The third-order valence-electron chi connectivity index (χ3n) is 5.37. The number of carbonyl (C=O) groups excluding carboxylic acids is 1. The van der Waals surface area contributed by atoms with Crippen LogP contribution < -0.4 is 5.32 Å². The van der Waals surface area contributed by atoms with Gasteiger partial charge in [-0.3, -0.25) is 4.79 Å². The molecule has 1 aliphatic heterocycles. The Bertz CT molecular complexity index is 315. The van der Waals surface area contributed by atoms with Gasteiger partial charge in [-0.15, -0.1) is 0 Å². The molecule has 2 saturated carbocycles. The zero-order chi connectivity index (χ0) is 13.2. The molecule has 0 spiro atoms. The van der Waals surface area contributed by atoms with E-state index < -0.39 is 0 Å². The molecule has 2 aliphatic carbocycles. The van der Waals surface area contributed by atoms with Crippen LogP contribution in [0.5, 0.6) is 0 Å². The second-order valence-electron chi connectivity index (χ2n) is 6.78. The van der Waals surface area contributed by atoms with Crippen LogP contribution in [0.3, 0.4) is 0 Å². The fourth-order valence-electron chi connectivity index (χ4n) is 4.35. The van der Waals surface area contributed by atoms with Crippen LogP contribution in [0.1, 0.15) is 45.4 Å². The summed E-state index contributed by atoms with van der Waals surface area (Å²) in [6.45, 7) is 6.41. The minimum Gasteiger partial charge on any atom is -0.342 e. The molecule has 3 aliphatic rings. The maximum Gasteiger partial charge on any atom is 0.226 e. The lowest BCUT2D eigenvalue weighted by molar-refractivity contribution is -0.134. The molecule has 3 nitrogen and oxygen atoms in total. The van der Waals surface area contributed by atoms with Crippen LogP contribution in [0.15, 0.2) is 0 Å². The van der Waals surface area contributed by atoms with Gasteiger partial charge >= 0.3 is 0 Å². The number of hydrogen-bond acceptors (Lipinski definition) is 2. The fourth-order valence-corrected chi connectivity index (χ4v) is 4.35. The van der Waals surface area contributed by atoms with Gasteiger partial charge in [-0.2, -0.15) is 0 Å². The predicted molar refractivity (Wildman–Crippen MR) is 76.8 cm³/mol. The smallest absolute Gasteiger partial charge is 0.226 e. The minimum absolute atomic E-state index is 0.414. The van der Waals surface area contributed by atoms with E-state index in [2.05, 4.69) is 17.1 Å². The van der Waals surface area contributed by atoms with Crippen molar-refractivity contribution in [2.24, 2.45) is 23.7 Å². The molecule has 3 heteroatoms. The highest BCUT2D eigenvalue weighted by Crippen LogP contribution is 2.58. The van der Waals surface area contributed by atoms with E-state index in [1.165, 1.54) is 32.1 Å². The number of piperidine rings is 1. The van der Waals surface area contributed by atoms with Gasteiger partial charge in [0.15, 0.2) is 0 Å². The van der Waals surface area contributed by atoms with E-state index in [1.807, 2.05) is 0 Å². The number of nitrogens with zero attached hydrogens (tertiary/aromatic N) is 1. The van der Waals surface area contributed by atoms with Gasteiger partial charge in [-0.05, 0) is 62.9 Å². The summed E-state index contributed by atoms with van der Waals surface area (Å²) in [4.78, 5) is 14.9. The second-order valence-corrected chi connectivity index (χ2v) is 6.78. The van der Waals surface area contributed by atoms with Crippen molar-refractivity contribution in [2.45, 2.75) is 45.4 Å². The van der Waals surface area contributed by atoms with Crippen molar-refractivity contribution in [1.29, 1.82) is 0 Å².